The van der Waals surface area contributed by atoms with E-state index in [1.165, 1.54) is 17.1 Å². The van der Waals surface area contributed by atoms with Gasteiger partial charge in [0.2, 0.25) is 12.2 Å². The van der Waals surface area contributed by atoms with Crippen LogP contribution in [-0.4, -0.2) is 49.6 Å². The number of aliphatic hydroxyl groups excluding tert-OH is 1. The van der Waals surface area contributed by atoms with Crippen molar-refractivity contribution < 1.29 is 14.8 Å². The number of aryl methyl sites for hydroxylation is 1. The number of carbonyl (C=O) groups is 1. The van der Waals surface area contributed by atoms with E-state index >= 15 is 0 Å². The van der Waals surface area contributed by atoms with Gasteiger partial charge in [0.25, 0.3) is 0 Å². The lowest BCUT2D eigenvalue weighted by atomic mass is 10.2. The molecular weight excluding hydrogens is 252 g/mol. The van der Waals surface area contributed by atoms with Crippen LogP contribution in [0.4, 0.5) is 5.82 Å². The van der Waals surface area contributed by atoms with Gasteiger partial charge < -0.3 is 24.7 Å². The zero-order valence-corrected chi connectivity index (χ0v) is 10.4. The van der Waals surface area contributed by atoms with Gasteiger partial charge in [-0.15, -0.1) is 0 Å². The molecule has 0 spiro atoms. The van der Waals surface area contributed by atoms with E-state index in [1.54, 1.807) is 4.90 Å². The standard InChI is InChI=1S/C11H16N4O4/c16-7-9-2-1-4-14(9)11(17)3-5-13-6-10(12-8-13)15(18)19/h6,8-9,16H,1-5,7H2/t9-/m0/s1. The van der Waals surface area contributed by atoms with Gasteiger partial charge in [-0.2, -0.15) is 0 Å². The maximum atomic E-state index is 12.0. The average Bonchev–Trinajstić information content (AvgIpc) is 3.04. The zero-order chi connectivity index (χ0) is 13.8. The maximum Gasteiger partial charge on any atom is 0.381 e. The van der Waals surface area contributed by atoms with Gasteiger partial charge in [-0.3, -0.25) is 4.79 Å². The second-order valence-electron chi connectivity index (χ2n) is 4.54. The third kappa shape index (κ3) is 3.08. The number of hydrogen-bond donors (Lipinski definition) is 1. The molecule has 19 heavy (non-hydrogen) atoms. The lowest BCUT2D eigenvalue weighted by molar-refractivity contribution is -0.389. The van der Waals surface area contributed by atoms with E-state index in [4.69, 9.17) is 5.11 Å². The molecule has 8 nitrogen and oxygen atoms in total. The Balaban J connectivity index is 1.87. The third-order valence-corrected chi connectivity index (χ3v) is 3.30. The van der Waals surface area contributed by atoms with E-state index in [9.17, 15) is 14.9 Å². The summed E-state index contributed by atoms with van der Waals surface area (Å²) in [7, 11) is 0. The second-order valence-corrected chi connectivity index (χ2v) is 4.54. The number of aromatic nitrogens is 2. The Bertz CT molecular complexity index is 473. The highest BCUT2D eigenvalue weighted by molar-refractivity contribution is 5.76. The van der Waals surface area contributed by atoms with E-state index in [2.05, 4.69) is 4.98 Å². The number of imidazole rings is 1. The van der Waals surface area contributed by atoms with E-state index < -0.39 is 4.92 Å². The number of hydrogen-bond acceptors (Lipinski definition) is 5. The molecule has 2 rings (SSSR count). The first-order valence-electron chi connectivity index (χ1n) is 6.18. The highest BCUT2D eigenvalue weighted by atomic mass is 16.6. The highest BCUT2D eigenvalue weighted by Gasteiger charge is 2.27. The van der Waals surface area contributed by atoms with Crippen molar-refractivity contribution in [1.29, 1.82) is 0 Å². The van der Waals surface area contributed by atoms with Crippen molar-refractivity contribution in [2.75, 3.05) is 13.2 Å². The molecule has 2 heterocycles. The van der Waals surface area contributed by atoms with Crippen molar-refractivity contribution in [2.45, 2.75) is 31.8 Å². The first-order valence-corrected chi connectivity index (χ1v) is 6.18. The van der Waals surface area contributed by atoms with Crippen LogP contribution in [-0.2, 0) is 11.3 Å². The van der Waals surface area contributed by atoms with Crippen molar-refractivity contribution in [3.05, 3.63) is 22.6 Å². The number of nitro groups is 1. The van der Waals surface area contributed by atoms with Gasteiger partial charge in [0.15, 0.2) is 0 Å². The summed E-state index contributed by atoms with van der Waals surface area (Å²) in [5.74, 6) is -0.255. The summed E-state index contributed by atoms with van der Waals surface area (Å²) < 4.78 is 1.53. The van der Waals surface area contributed by atoms with Crippen LogP contribution in [0.15, 0.2) is 12.5 Å². The number of amides is 1. The second kappa shape index (κ2) is 5.79. The van der Waals surface area contributed by atoms with Gasteiger partial charge in [-0.25, -0.2) is 0 Å². The first kappa shape index (κ1) is 13.5. The van der Waals surface area contributed by atoms with Crippen molar-refractivity contribution >= 4 is 11.7 Å². The molecule has 1 aromatic heterocycles. The summed E-state index contributed by atoms with van der Waals surface area (Å²) in [6.07, 6.45) is 4.65. The van der Waals surface area contributed by atoms with Gasteiger partial charge in [0.1, 0.15) is 6.20 Å². The van der Waals surface area contributed by atoms with Gasteiger partial charge in [-0.1, -0.05) is 0 Å². The molecule has 1 aliphatic rings. The SMILES string of the molecule is O=C(CCn1cnc([N+](=O)[O-])c1)N1CCC[C@H]1CO. The fourth-order valence-corrected chi connectivity index (χ4v) is 2.29. The molecule has 1 aliphatic heterocycles. The van der Waals surface area contributed by atoms with Gasteiger partial charge >= 0.3 is 5.82 Å². The molecule has 1 fully saturated rings. The minimum absolute atomic E-state index is 0.0116. The summed E-state index contributed by atoms with van der Waals surface area (Å²) in [4.78, 5) is 27.2. The first-order chi connectivity index (χ1) is 9.11. The number of carbonyl (C=O) groups excluding carboxylic acids is 1. The number of aliphatic hydroxyl groups is 1. The summed E-state index contributed by atoms with van der Waals surface area (Å²) >= 11 is 0. The molecule has 1 saturated heterocycles. The van der Waals surface area contributed by atoms with Crippen LogP contribution in [0.5, 0.6) is 0 Å². The molecule has 1 aromatic rings. The molecule has 1 amide bonds. The minimum atomic E-state index is -0.569. The minimum Gasteiger partial charge on any atom is -0.394 e. The van der Waals surface area contributed by atoms with Gasteiger partial charge in [-0.05, 0) is 22.7 Å². The molecule has 0 aromatic carbocycles. The van der Waals surface area contributed by atoms with Crippen LogP contribution < -0.4 is 0 Å². The Morgan fingerprint density at radius 3 is 3.05 bits per heavy atom. The molecular formula is C11H16N4O4. The third-order valence-electron chi connectivity index (χ3n) is 3.30. The smallest absolute Gasteiger partial charge is 0.381 e. The van der Waals surface area contributed by atoms with Gasteiger partial charge in [0, 0.05) is 19.5 Å². The van der Waals surface area contributed by atoms with Crippen LogP contribution >= 0.6 is 0 Å². The monoisotopic (exact) mass is 268 g/mol. The lowest BCUT2D eigenvalue weighted by Crippen LogP contribution is -2.37. The largest absolute Gasteiger partial charge is 0.394 e. The fourth-order valence-electron chi connectivity index (χ4n) is 2.29. The average molecular weight is 268 g/mol. The highest BCUT2D eigenvalue weighted by Crippen LogP contribution is 2.18. The molecule has 1 atom stereocenters. The molecule has 0 saturated carbocycles. The summed E-state index contributed by atoms with van der Waals surface area (Å²) in [5.41, 5.74) is 0. The van der Waals surface area contributed by atoms with Crippen molar-refractivity contribution in [2.24, 2.45) is 0 Å². The topological polar surface area (TPSA) is 102 Å². The molecule has 0 unspecified atom stereocenters. The Kier molecular flexibility index (Phi) is 4.10. The molecule has 0 bridgehead atoms. The lowest BCUT2D eigenvalue weighted by Gasteiger charge is -2.22. The summed E-state index contributed by atoms with van der Waals surface area (Å²) in [6.45, 7) is 1.02. The number of nitrogens with zero attached hydrogens (tertiary/aromatic N) is 4. The molecule has 8 heteroatoms. The summed E-state index contributed by atoms with van der Waals surface area (Å²) in [5, 5.41) is 19.6. The van der Waals surface area contributed by atoms with E-state index in [1.807, 2.05) is 0 Å². The fraction of sp³-hybridized carbons (Fsp3) is 0.636. The van der Waals surface area contributed by atoms with Crippen LogP contribution in [0.2, 0.25) is 0 Å². The predicted molar refractivity (Wildman–Crippen MR) is 65.3 cm³/mol. The normalized spacial score (nSPS) is 18.8. The number of likely N-dealkylation sites (tertiary alicyclic amines) is 1. The molecule has 104 valence electrons. The van der Waals surface area contributed by atoms with Gasteiger partial charge in [0.05, 0.1) is 12.6 Å². The Hall–Kier alpha value is -1.96. The van der Waals surface area contributed by atoms with Crippen molar-refractivity contribution in [1.82, 2.24) is 14.5 Å². The Labute approximate surface area is 109 Å². The van der Waals surface area contributed by atoms with Crippen LogP contribution in [0.25, 0.3) is 0 Å². The van der Waals surface area contributed by atoms with Crippen molar-refractivity contribution in [3.63, 3.8) is 0 Å². The van der Waals surface area contributed by atoms with E-state index in [0.717, 1.165) is 12.8 Å². The van der Waals surface area contributed by atoms with E-state index in [0.29, 0.717) is 13.1 Å². The molecule has 1 N–H and O–H groups in total. The zero-order valence-electron chi connectivity index (χ0n) is 10.4. The maximum absolute atomic E-state index is 12.0. The van der Waals surface area contributed by atoms with Crippen LogP contribution in [0.1, 0.15) is 19.3 Å². The number of rotatable bonds is 5. The van der Waals surface area contributed by atoms with E-state index in [-0.39, 0.29) is 30.8 Å². The molecule has 0 radical (unpaired) electrons. The Morgan fingerprint density at radius 2 is 2.42 bits per heavy atom. The molecule has 0 aliphatic carbocycles. The summed E-state index contributed by atoms with van der Waals surface area (Å²) in [6, 6.07) is -0.0791. The van der Waals surface area contributed by atoms with Crippen LogP contribution in [0, 0.1) is 10.1 Å². The van der Waals surface area contributed by atoms with Crippen LogP contribution in [0.3, 0.4) is 0 Å². The Morgan fingerprint density at radius 1 is 1.63 bits per heavy atom. The van der Waals surface area contributed by atoms with Crippen molar-refractivity contribution in [3.8, 4) is 0 Å². The quantitative estimate of drug-likeness (QED) is 0.605. The predicted octanol–water partition coefficient (Wildman–Crippen LogP) is 0.165.